The quantitative estimate of drug-likeness (QED) is 0.166. The van der Waals surface area contributed by atoms with Crippen molar-refractivity contribution < 1.29 is 81.0 Å². The summed E-state index contributed by atoms with van der Waals surface area (Å²) in [6.07, 6.45) is -14.9. The van der Waals surface area contributed by atoms with Gasteiger partial charge in [0.2, 0.25) is 0 Å². The highest BCUT2D eigenvalue weighted by atomic mass is 32.2. The second-order valence-corrected chi connectivity index (χ2v) is 6.54. The molecule has 0 aromatic heterocycles. The lowest BCUT2D eigenvalue weighted by atomic mass is 10.2. The molecule has 176 valence electrons. The second kappa shape index (κ2) is 8.17. The molecule has 0 amide bonds. The van der Waals surface area contributed by atoms with Crippen LogP contribution in [0.5, 0.6) is 0 Å². The summed E-state index contributed by atoms with van der Waals surface area (Å²) in [6, 6.07) is 0. The third-order valence-corrected chi connectivity index (χ3v) is 3.90. The van der Waals surface area contributed by atoms with Gasteiger partial charge < -0.3 is 14.6 Å². The molecular formula is C11H8F10O8S. The molecule has 0 bridgehead atoms. The first kappa shape index (κ1) is 27.8. The minimum Gasteiger partial charge on any atom is -0.476 e. The standard InChI is InChI=1S/C11H8F10O8S/c1-4(9(14,15)16)5(22)29-8(6(23)24,10(17,18)19)28-3-2-7(12,13)11(20,21)30(25,26)27/h1-3H2,(H,23,24)(H,25,26,27). The third kappa shape index (κ3) is 5.50. The number of rotatable bonds is 9. The monoisotopic (exact) mass is 490 g/mol. The Kier molecular flexibility index (Phi) is 7.59. The first-order chi connectivity index (χ1) is 12.9. The molecule has 30 heavy (non-hydrogen) atoms. The van der Waals surface area contributed by atoms with Crippen molar-refractivity contribution in [3.05, 3.63) is 12.2 Å². The fourth-order valence-corrected chi connectivity index (χ4v) is 1.84. The Balaban J connectivity index is 5.89. The SMILES string of the molecule is C=C(C(=O)OC(OCCC(F)(F)C(F)(F)S(=O)(=O)O)(C(=O)O)C(F)(F)F)C(F)(F)F. The Morgan fingerprint density at radius 1 is 0.933 bits per heavy atom. The van der Waals surface area contributed by atoms with Crippen LogP contribution in [0, 0.1) is 0 Å². The number of halogens is 10. The predicted molar refractivity (Wildman–Crippen MR) is 69.7 cm³/mol. The summed E-state index contributed by atoms with van der Waals surface area (Å²) < 4.78 is 163. The van der Waals surface area contributed by atoms with Crippen LogP contribution in [0.4, 0.5) is 43.9 Å². The Bertz CT molecular complexity index is 800. The summed E-state index contributed by atoms with van der Waals surface area (Å²) in [5.41, 5.74) is -2.68. The van der Waals surface area contributed by atoms with Crippen molar-refractivity contribution in [1.29, 1.82) is 0 Å². The van der Waals surface area contributed by atoms with Crippen molar-refractivity contribution in [3.8, 4) is 0 Å². The highest BCUT2D eigenvalue weighted by Gasteiger charge is 2.69. The van der Waals surface area contributed by atoms with Gasteiger partial charge in [0, 0.05) is 6.42 Å². The van der Waals surface area contributed by atoms with Crippen LogP contribution in [0.1, 0.15) is 6.42 Å². The van der Waals surface area contributed by atoms with Crippen LogP contribution < -0.4 is 0 Å². The van der Waals surface area contributed by atoms with Gasteiger partial charge in [0.15, 0.2) is 0 Å². The molecule has 0 spiro atoms. The number of hydrogen-bond acceptors (Lipinski definition) is 6. The lowest BCUT2D eigenvalue weighted by Gasteiger charge is -2.32. The molecule has 2 N–H and O–H groups in total. The first-order valence-electron chi connectivity index (χ1n) is 6.60. The third-order valence-electron chi connectivity index (χ3n) is 2.95. The van der Waals surface area contributed by atoms with Gasteiger partial charge in [0.1, 0.15) is 5.57 Å². The number of carboxylic acid groups (broad SMARTS) is 1. The molecule has 0 aromatic rings. The van der Waals surface area contributed by atoms with Gasteiger partial charge in [-0.2, -0.15) is 52.3 Å². The zero-order valence-corrected chi connectivity index (χ0v) is 14.5. The van der Waals surface area contributed by atoms with Crippen molar-refractivity contribution in [3.63, 3.8) is 0 Å². The van der Waals surface area contributed by atoms with Gasteiger partial charge in [-0.1, -0.05) is 6.58 Å². The Morgan fingerprint density at radius 3 is 1.67 bits per heavy atom. The number of hydrogen-bond donors (Lipinski definition) is 2. The van der Waals surface area contributed by atoms with Crippen LogP contribution in [0.3, 0.4) is 0 Å². The predicted octanol–water partition coefficient (Wildman–Crippen LogP) is 2.51. The van der Waals surface area contributed by atoms with Crippen molar-refractivity contribution in [1.82, 2.24) is 0 Å². The van der Waals surface area contributed by atoms with E-state index in [-0.39, 0.29) is 0 Å². The molecule has 0 rings (SSSR count). The van der Waals surface area contributed by atoms with Crippen LogP contribution in [0.15, 0.2) is 12.2 Å². The molecule has 0 radical (unpaired) electrons. The van der Waals surface area contributed by atoms with E-state index in [2.05, 4.69) is 9.47 Å². The lowest BCUT2D eigenvalue weighted by Crippen LogP contribution is -2.58. The summed E-state index contributed by atoms with van der Waals surface area (Å²) in [5.74, 6) is -17.8. The van der Waals surface area contributed by atoms with Gasteiger partial charge in [-0.25, -0.2) is 9.59 Å². The van der Waals surface area contributed by atoms with E-state index >= 15 is 0 Å². The second-order valence-electron chi connectivity index (χ2n) is 5.08. The molecule has 0 heterocycles. The van der Waals surface area contributed by atoms with E-state index in [0.29, 0.717) is 0 Å². The van der Waals surface area contributed by atoms with Crippen LogP contribution in [0.25, 0.3) is 0 Å². The maximum absolute atomic E-state index is 13.2. The molecule has 8 nitrogen and oxygen atoms in total. The molecule has 1 atom stereocenters. The van der Waals surface area contributed by atoms with Crippen molar-refractivity contribution in [2.24, 2.45) is 0 Å². The minimum atomic E-state index is -6.82. The lowest BCUT2D eigenvalue weighted by molar-refractivity contribution is -0.356. The average Bonchev–Trinajstić information content (AvgIpc) is 2.49. The van der Waals surface area contributed by atoms with E-state index in [9.17, 15) is 61.9 Å². The summed E-state index contributed by atoms with van der Waals surface area (Å²) in [7, 11) is -6.82. The summed E-state index contributed by atoms with van der Waals surface area (Å²) in [6.45, 7) is -0.461. The Labute approximate surface area is 158 Å². The van der Waals surface area contributed by atoms with E-state index in [1.54, 1.807) is 0 Å². The maximum atomic E-state index is 13.2. The first-order valence-corrected chi connectivity index (χ1v) is 8.04. The molecule has 0 aliphatic rings. The van der Waals surface area contributed by atoms with E-state index in [4.69, 9.17) is 9.66 Å². The maximum Gasteiger partial charge on any atom is 0.468 e. The molecule has 0 fully saturated rings. The van der Waals surface area contributed by atoms with Crippen LogP contribution in [0.2, 0.25) is 0 Å². The fraction of sp³-hybridized carbons (Fsp3) is 0.636. The number of carboxylic acids is 1. The van der Waals surface area contributed by atoms with Gasteiger partial charge in [-0.3, -0.25) is 4.55 Å². The Morgan fingerprint density at radius 2 is 1.37 bits per heavy atom. The van der Waals surface area contributed by atoms with Crippen LogP contribution >= 0.6 is 0 Å². The molecular weight excluding hydrogens is 482 g/mol. The van der Waals surface area contributed by atoms with Gasteiger partial charge in [0.05, 0.1) is 6.61 Å². The molecule has 19 heteroatoms. The van der Waals surface area contributed by atoms with Gasteiger partial charge in [0.25, 0.3) is 0 Å². The summed E-state index contributed by atoms with van der Waals surface area (Å²) in [4.78, 5) is 22.0. The minimum absolute atomic E-state index is 2.00. The highest BCUT2D eigenvalue weighted by molar-refractivity contribution is 7.87. The Hall–Kier alpha value is -2.15. The number of alkyl halides is 10. The number of aliphatic carboxylic acids is 1. The number of ether oxygens (including phenoxy) is 2. The normalized spacial score (nSPS) is 16.0. The van der Waals surface area contributed by atoms with Crippen molar-refractivity contribution >= 4 is 22.1 Å². The zero-order chi connectivity index (χ0) is 24.6. The van der Waals surface area contributed by atoms with Crippen molar-refractivity contribution in [2.45, 2.75) is 35.7 Å². The summed E-state index contributed by atoms with van der Waals surface area (Å²) >= 11 is 0. The number of carbonyl (C=O) groups is 2. The van der Waals surface area contributed by atoms with E-state index in [0.717, 1.165) is 0 Å². The van der Waals surface area contributed by atoms with E-state index in [1.807, 2.05) is 6.58 Å². The zero-order valence-electron chi connectivity index (χ0n) is 13.7. The largest absolute Gasteiger partial charge is 0.476 e. The number of esters is 1. The molecule has 0 saturated heterocycles. The molecule has 0 saturated carbocycles. The van der Waals surface area contributed by atoms with E-state index in [1.165, 1.54) is 0 Å². The fourth-order valence-electron chi connectivity index (χ4n) is 1.36. The average molecular weight is 490 g/mol. The van der Waals surface area contributed by atoms with Crippen LogP contribution in [-0.4, -0.2) is 65.9 Å². The van der Waals surface area contributed by atoms with Crippen molar-refractivity contribution in [2.75, 3.05) is 6.61 Å². The summed E-state index contributed by atoms with van der Waals surface area (Å²) in [5, 5.41) is 2.32. The molecule has 1 unspecified atom stereocenters. The smallest absolute Gasteiger partial charge is 0.468 e. The topological polar surface area (TPSA) is 127 Å². The van der Waals surface area contributed by atoms with Crippen LogP contribution in [-0.2, 0) is 29.2 Å². The molecule has 0 aromatic carbocycles. The van der Waals surface area contributed by atoms with Gasteiger partial charge in [-0.05, 0) is 0 Å². The van der Waals surface area contributed by atoms with Gasteiger partial charge >= 0.3 is 51.4 Å². The highest BCUT2D eigenvalue weighted by Crippen LogP contribution is 2.42. The van der Waals surface area contributed by atoms with E-state index < -0.39 is 70.0 Å². The van der Waals surface area contributed by atoms with Gasteiger partial charge in [-0.15, -0.1) is 0 Å². The number of carbonyl (C=O) groups excluding carboxylic acids is 1. The molecule has 0 aliphatic carbocycles. The molecule has 0 aliphatic heterocycles.